The Hall–Kier alpha value is -0.170. The Labute approximate surface area is 110 Å². The molecular weight excluding hydrogens is 250 g/mol. The van der Waals surface area contributed by atoms with Crippen molar-refractivity contribution in [2.75, 3.05) is 26.2 Å². The van der Waals surface area contributed by atoms with Crippen molar-refractivity contribution in [2.45, 2.75) is 45.1 Å². The molecule has 0 aromatic carbocycles. The fourth-order valence-corrected chi connectivity index (χ4v) is 4.97. The van der Waals surface area contributed by atoms with E-state index in [1.807, 2.05) is 6.92 Å². The van der Waals surface area contributed by atoms with Crippen molar-refractivity contribution in [3.63, 3.8) is 0 Å². The van der Waals surface area contributed by atoms with Crippen LogP contribution in [0, 0.1) is 5.92 Å². The number of hydrogen-bond donors (Lipinski definition) is 1. The van der Waals surface area contributed by atoms with Crippen LogP contribution in [0.25, 0.3) is 0 Å². The molecule has 0 saturated carbocycles. The molecule has 2 aliphatic rings. The maximum atomic E-state index is 12.6. The first-order chi connectivity index (χ1) is 8.55. The normalized spacial score (nSPS) is 32.6. The minimum Gasteiger partial charge on any atom is -0.330 e. The molecule has 5 nitrogen and oxygen atoms in total. The summed E-state index contributed by atoms with van der Waals surface area (Å²) in [5, 5.41) is 0. The largest absolute Gasteiger partial charge is 0.330 e. The van der Waals surface area contributed by atoms with E-state index < -0.39 is 10.2 Å². The van der Waals surface area contributed by atoms with Crippen molar-refractivity contribution in [1.29, 1.82) is 0 Å². The third kappa shape index (κ3) is 2.87. The summed E-state index contributed by atoms with van der Waals surface area (Å²) in [6.45, 7) is 4.53. The average molecular weight is 275 g/mol. The molecule has 0 aromatic heterocycles. The van der Waals surface area contributed by atoms with E-state index in [0.717, 1.165) is 32.1 Å². The molecule has 106 valence electrons. The van der Waals surface area contributed by atoms with Crippen LogP contribution in [0.5, 0.6) is 0 Å². The predicted molar refractivity (Wildman–Crippen MR) is 72.3 cm³/mol. The second-order valence-corrected chi connectivity index (χ2v) is 7.45. The summed E-state index contributed by atoms with van der Waals surface area (Å²) in [6.07, 6.45) is 5.09. The fraction of sp³-hybridized carbons (Fsp3) is 1.00. The molecule has 6 heteroatoms. The zero-order chi connectivity index (χ0) is 13.2. The molecule has 2 rings (SSSR count). The van der Waals surface area contributed by atoms with Crippen LogP contribution in [-0.4, -0.2) is 49.2 Å². The molecule has 2 aliphatic heterocycles. The van der Waals surface area contributed by atoms with E-state index in [4.69, 9.17) is 5.73 Å². The molecule has 2 saturated heterocycles. The Morgan fingerprint density at radius 1 is 1.17 bits per heavy atom. The second-order valence-electron chi connectivity index (χ2n) is 5.57. The molecule has 0 aliphatic carbocycles. The Bertz CT molecular complexity index is 372. The molecule has 2 atom stereocenters. The van der Waals surface area contributed by atoms with Crippen LogP contribution in [0.3, 0.4) is 0 Å². The van der Waals surface area contributed by atoms with Gasteiger partial charge in [-0.25, -0.2) is 0 Å². The van der Waals surface area contributed by atoms with Gasteiger partial charge in [0.1, 0.15) is 0 Å². The van der Waals surface area contributed by atoms with Gasteiger partial charge in [0, 0.05) is 25.7 Å². The third-order valence-electron chi connectivity index (χ3n) is 4.18. The number of rotatable bonds is 3. The van der Waals surface area contributed by atoms with Crippen molar-refractivity contribution in [1.82, 2.24) is 8.61 Å². The highest BCUT2D eigenvalue weighted by molar-refractivity contribution is 7.86. The molecule has 2 fully saturated rings. The van der Waals surface area contributed by atoms with Crippen molar-refractivity contribution in [2.24, 2.45) is 11.7 Å². The van der Waals surface area contributed by atoms with Crippen LogP contribution in [0.15, 0.2) is 0 Å². The Morgan fingerprint density at radius 2 is 1.94 bits per heavy atom. The maximum absolute atomic E-state index is 12.6. The highest BCUT2D eigenvalue weighted by Gasteiger charge is 2.36. The molecule has 0 spiro atoms. The van der Waals surface area contributed by atoms with E-state index in [9.17, 15) is 8.42 Å². The van der Waals surface area contributed by atoms with E-state index in [-0.39, 0.29) is 6.04 Å². The summed E-state index contributed by atoms with van der Waals surface area (Å²) in [5.74, 6) is 0.327. The highest BCUT2D eigenvalue weighted by Crippen LogP contribution is 2.25. The predicted octanol–water partition coefficient (Wildman–Crippen LogP) is 0.776. The van der Waals surface area contributed by atoms with Crippen LogP contribution in [0.2, 0.25) is 0 Å². The molecular formula is C12H25N3O2S. The van der Waals surface area contributed by atoms with Gasteiger partial charge in [-0.15, -0.1) is 0 Å². The van der Waals surface area contributed by atoms with Crippen LogP contribution in [0.4, 0.5) is 0 Å². The molecule has 0 radical (unpaired) electrons. The Kier molecular flexibility index (Phi) is 4.64. The lowest BCUT2D eigenvalue weighted by atomic mass is 10.0. The molecule has 0 amide bonds. The number of nitrogens with zero attached hydrogens (tertiary/aromatic N) is 2. The molecule has 0 bridgehead atoms. The van der Waals surface area contributed by atoms with Gasteiger partial charge < -0.3 is 5.73 Å². The van der Waals surface area contributed by atoms with Crippen LogP contribution in [-0.2, 0) is 10.2 Å². The lowest BCUT2D eigenvalue weighted by Gasteiger charge is -2.39. The Balaban J connectivity index is 2.09. The first-order valence-electron chi connectivity index (χ1n) is 7.02. The summed E-state index contributed by atoms with van der Waals surface area (Å²) >= 11 is 0. The molecule has 2 heterocycles. The Morgan fingerprint density at radius 3 is 2.61 bits per heavy atom. The lowest BCUT2D eigenvalue weighted by molar-refractivity contribution is 0.215. The number of nitrogens with two attached hydrogens (primary N) is 1. The summed E-state index contributed by atoms with van der Waals surface area (Å²) in [5.41, 5.74) is 5.68. The van der Waals surface area contributed by atoms with Gasteiger partial charge in [0.15, 0.2) is 0 Å². The van der Waals surface area contributed by atoms with E-state index in [2.05, 4.69) is 0 Å². The summed E-state index contributed by atoms with van der Waals surface area (Å²) in [7, 11) is -3.27. The minimum absolute atomic E-state index is 0.141. The summed E-state index contributed by atoms with van der Waals surface area (Å²) < 4.78 is 28.6. The smallest absolute Gasteiger partial charge is 0.282 e. The molecule has 2 unspecified atom stereocenters. The van der Waals surface area contributed by atoms with Gasteiger partial charge in [0.05, 0.1) is 0 Å². The van der Waals surface area contributed by atoms with Crippen molar-refractivity contribution in [3.05, 3.63) is 0 Å². The molecule has 2 N–H and O–H groups in total. The first-order valence-corrected chi connectivity index (χ1v) is 8.42. The van der Waals surface area contributed by atoms with E-state index >= 15 is 0 Å². The SMILES string of the molecule is CC1CCCCN1S(=O)(=O)N1CCCC(CN)C1. The quantitative estimate of drug-likeness (QED) is 0.827. The van der Waals surface area contributed by atoms with Gasteiger partial charge in [-0.05, 0) is 45.1 Å². The first kappa shape index (κ1) is 14.2. The van der Waals surface area contributed by atoms with Crippen LogP contribution in [0.1, 0.15) is 39.0 Å². The molecule has 18 heavy (non-hydrogen) atoms. The minimum atomic E-state index is -3.27. The number of piperidine rings is 2. The number of hydrogen-bond acceptors (Lipinski definition) is 3. The fourth-order valence-electron chi connectivity index (χ4n) is 2.99. The summed E-state index contributed by atoms with van der Waals surface area (Å²) in [4.78, 5) is 0. The molecule has 0 aromatic rings. The van der Waals surface area contributed by atoms with Gasteiger partial charge in [-0.2, -0.15) is 17.0 Å². The van der Waals surface area contributed by atoms with Crippen molar-refractivity contribution < 1.29 is 8.42 Å². The third-order valence-corrected chi connectivity index (χ3v) is 6.30. The van der Waals surface area contributed by atoms with Crippen molar-refractivity contribution >= 4 is 10.2 Å². The summed E-state index contributed by atoms with van der Waals surface area (Å²) in [6, 6.07) is 0.141. The highest BCUT2D eigenvalue weighted by atomic mass is 32.2. The lowest BCUT2D eigenvalue weighted by Crippen LogP contribution is -2.52. The topological polar surface area (TPSA) is 66.6 Å². The average Bonchev–Trinajstić information content (AvgIpc) is 2.39. The van der Waals surface area contributed by atoms with Gasteiger partial charge in [0.2, 0.25) is 0 Å². The van der Waals surface area contributed by atoms with Crippen LogP contribution >= 0.6 is 0 Å². The van der Waals surface area contributed by atoms with Crippen molar-refractivity contribution in [3.8, 4) is 0 Å². The van der Waals surface area contributed by atoms with E-state index in [0.29, 0.717) is 32.1 Å². The standard InChI is InChI=1S/C12H25N3O2S/c1-11-5-2-3-8-15(11)18(16,17)14-7-4-6-12(9-13)10-14/h11-12H,2-10,13H2,1H3. The monoisotopic (exact) mass is 275 g/mol. The maximum Gasteiger partial charge on any atom is 0.282 e. The van der Waals surface area contributed by atoms with Gasteiger partial charge in [-0.3, -0.25) is 0 Å². The van der Waals surface area contributed by atoms with E-state index in [1.165, 1.54) is 0 Å². The van der Waals surface area contributed by atoms with Crippen LogP contribution < -0.4 is 5.73 Å². The zero-order valence-corrected chi connectivity index (χ0v) is 12.0. The van der Waals surface area contributed by atoms with E-state index in [1.54, 1.807) is 8.61 Å². The van der Waals surface area contributed by atoms with Gasteiger partial charge >= 0.3 is 0 Å². The second kappa shape index (κ2) is 5.86. The zero-order valence-electron chi connectivity index (χ0n) is 11.2. The van der Waals surface area contributed by atoms with Gasteiger partial charge in [-0.1, -0.05) is 6.42 Å². The van der Waals surface area contributed by atoms with Gasteiger partial charge in [0.25, 0.3) is 10.2 Å².